The van der Waals surface area contributed by atoms with Gasteiger partial charge in [-0.15, -0.1) is 11.4 Å². The zero-order valence-corrected chi connectivity index (χ0v) is 36.2. The predicted molar refractivity (Wildman–Crippen MR) is 227 cm³/mol. The van der Waals surface area contributed by atoms with E-state index in [1.54, 1.807) is 52.0 Å². The van der Waals surface area contributed by atoms with E-state index in [4.69, 9.17) is 28.3 Å². The number of nitrogens with one attached hydrogen (secondary N) is 1. The number of benzene rings is 3. The SMILES string of the molecule is COC1/C=C/OC2(C)Oc3c(C)c(=O)c4c(O)c(c5oc6cccc(SP)c6nc5c4c3C2=O)NC(=O)/C(C)=C\C=C\C(C)C(O)C(C)C(O)C(C)C(OC(C)=O)C1C. The maximum absolute atomic E-state index is 14.6. The lowest BCUT2D eigenvalue weighted by Crippen LogP contribution is -2.46. The number of fused-ring (bicyclic) bond motifs is 2. The second-order valence-corrected chi connectivity index (χ2v) is 16.8. The van der Waals surface area contributed by atoms with Gasteiger partial charge in [0, 0.05) is 66.0 Å². The summed E-state index contributed by atoms with van der Waals surface area (Å²) in [6, 6.07) is 5.23. The smallest absolute Gasteiger partial charge is 0.312 e. The number of hydrogen-bond acceptors (Lipinski definition) is 14. The summed E-state index contributed by atoms with van der Waals surface area (Å²) in [7, 11) is 3.99. The highest BCUT2D eigenvalue weighted by molar-refractivity contribution is 8.44. The first kappa shape index (κ1) is 43.8. The Kier molecular flexibility index (Phi) is 12.7. The molecule has 3 heterocycles. The fourth-order valence-electron chi connectivity index (χ4n) is 7.90. The van der Waals surface area contributed by atoms with Gasteiger partial charge in [-0.25, -0.2) is 4.98 Å². The van der Waals surface area contributed by atoms with Gasteiger partial charge in [-0.05, 0) is 32.1 Å². The number of aromatic nitrogens is 1. The molecule has 4 aromatic rings. The lowest BCUT2D eigenvalue weighted by molar-refractivity contribution is -0.160. The summed E-state index contributed by atoms with van der Waals surface area (Å²) in [6.07, 6.45) is 3.65. The van der Waals surface area contributed by atoms with Crippen LogP contribution in [0.25, 0.3) is 33.0 Å². The number of carbonyl (C=O) groups is 3. The molecule has 0 radical (unpaired) electrons. The maximum atomic E-state index is 14.6. The number of amides is 1. The summed E-state index contributed by atoms with van der Waals surface area (Å²) in [5.41, 5.74) is -0.220. The molecule has 10 unspecified atom stereocenters. The highest BCUT2D eigenvalue weighted by Crippen LogP contribution is 2.49. The minimum absolute atomic E-state index is 0.000409. The van der Waals surface area contributed by atoms with Gasteiger partial charge in [-0.3, -0.25) is 19.2 Å². The van der Waals surface area contributed by atoms with Crippen LogP contribution in [0.3, 0.4) is 0 Å². The van der Waals surface area contributed by atoms with Gasteiger partial charge in [0.2, 0.25) is 0 Å². The molecule has 1 aromatic heterocycles. The number of hydrogen-bond donors (Lipinski definition) is 4. The van der Waals surface area contributed by atoms with Gasteiger partial charge in [-0.2, -0.15) is 0 Å². The van der Waals surface area contributed by atoms with Gasteiger partial charge in [-0.1, -0.05) is 60.4 Å². The molecule has 6 rings (SSSR count). The number of phenolic OH excluding ortho intramolecular Hbond substituents is 1. The Hall–Kier alpha value is -4.79. The van der Waals surface area contributed by atoms with Crippen LogP contribution >= 0.6 is 19.8 Å². The molecule has 59 heavy (non-hydrogen) atoms. The highest BCUT2D eigenvalue weighted by atomic mass is 32.7. The number of carbonyl (C=O) groups excluding carboxylic acids is 3. The number of esters is 1. The number of Topliss-reactive ketones (excluding diaryl/α,β-unsaturated/α-hetero) is 1. The van der Waals surface area contributed by atoms with Crippen LogP contribution in [0.15, 0.2) is 68.4 Å². The van der Waals surface area contributed by atoms with Crippen LogP contribution in [0.2, 0.25) is 0 Å². The van der Waals surface area contributed by atoms with Gasteiger partial charge in [0.05, 0.1) is 35.5 Å². The summed E-state index contributed by atoms with van der Waals surface area (Å²) in [4.78, 5) is 60.7. The van der Waals surface area contributed by atoms with Crippen molar-refractivity contribution >= 4 is 76.1 Å². The Morgan fingerprint density at radius 1 is 1.00 bits per heavy atom. The monoisotopic (exact) mass is 848 g/mol. The van der Waals surface area contributed by atoms with E-state index in [0.717, 1.165) is 0 Å². The molecular formula is C43H49N2O12PS. The van der Waals surface area contributed by atoms with Crippen molar-refractivity contribution in [3.8, 4) is 11.5 Å². The molecular weight excluding hydrogens is 800 g/mol. The van der Waals surface area contributed by atoms with Crippen molar-refractivity contribution in [2.45, 2.75) is 90.5 Å². The largest absolute Gasteiger partial charge is 0.505 e. The standard InChI is InChI=1S/C43H49N2O12PS/c1-18-12-10-13-19(2)42(52)45-33-37(50)29-28(32-40(33)56-26-14-11-15-27(59-58)31(26)44-32)30-39(23(6)36(29)49)57-43(8,41(30)51)54-17-16-25(53-9)20(3)38(55-24(7)46)22(5)35(48)21(4)34(18)47/h10-18,20-22,25,34-35,38,47-48,50H,58H2,1-9H3,(H,45,52)/b12-10+,17-16+,19-13-. The lowest BCUT2D eigenvalue weighted by atomic mass is 9.78. The maximum Gasteiger partial charge on any atom is 0.312 e. The topological polar surface area (TPSA) is 204 Å². The van der Waals surface area contributed by atoms with E-state index in [2.05, 4.69) is 13.8 Å². The molecule has 0 fully saturated rings. The van der Waals surface area contributed by atoms with E-state index in [9.17, 15) is 34.5 Å². The minimum atomic E-state index is -2.03. The molecule has 0 saturated heterocycles. The van der Waals surface area contributed by atoms with Gasteiger partial charge in [0.1, 0.15) is 28.6 Å². The zero-order valence-electron chi connectivity index (χ0n) is 34.2. The van der Waals surface area contributed by atoms with E-state index in [0.29, 0.717) is 16.0 Å². The lowest BCUT2D eigenvalue weighted by Gasteiger charge is -2.38. The molecule has 0 saturated carbocycles. The summed E-state index contributed by atoms with van der Waals surface area (Å²) in [5.74, 6) is -7.15. The van der Waals surface area contributed by atoms with Gasteiger partial charge < -0.3 is 44.0 Å². The third kappa shape index (κ3) is 7.86. The normalized spacial score (nSPS) is 30.1. The molecule has 16 heteroatoms. The highest BCUT2D eigenvalue weighted by Gasteiger charge is 2.49. The number of nitrogens with zero attached hydrogens (tertiary/aromatic N) is 1. The van der Waals surface area contributed by atoms with Gasteiger partial charge >= 0.3 is 11.8 Å². The van der Waals surface area contributed by atoms with Gasteiger partial charge in [0.25, 0.3) is 11.7 Å². The van der Waals surface area contributed by atoms with Crippen molar-refractivity contribution in [1.29, 1.82) is 0 Å². The van der Waals surface area contributed by atoms with Crippen LogP contribution in [-0.2, 0) is 23.8 Å². The number of aliphatic hydroxyl groups excluding tert-OH is 2. The first-order valence-electron chi connectivity index (χ1n) is 19.1. The van der Waals surface area contributed by atoms with Crippen molar-refractivity contribution in [3.05, 3.63) is 75.7 Å². The number of ketones is 1. The van der Waals surface area contributed by atoms with Crippen molar-refractivity contribution in [1.82, 2.24) is 4.98 Å². The summed E-state index contributed by atoms with van der Waals surface area (Å²) in [6.45, 7) is 12.6. The van der Waals surface area contributed by atoms with Crippen molar-refractivity contribution < 1.29 is 53.1 Å². The van der Waals surface area contributed by atoms with E-state index in [-0.39, 0.29) is 50.0 Å². The third-order valence-electron chi connectivity index (χ3n) is 11.5. The number of aliphatic hydroxyl groups is 2. The molecule has 3 aromatic carbocycles. The fourth-order valence-corrected chi connectivity index (χ4v) is 8.88. The zero-order chi connectivity index (χ0) is 43.2. The van der Waals surface area contributed by atoms with Crippen LogP contribution in [0.1, 0.15) is 64.4 Å². The van der Waals surface area contributed by atoms with E-state index >= 15 is 0 Å². The fraction of sp³-hybridized carbons (Fsp3) is 0.419. The number of ether oxygens (including phenoxy) is 4. The number of allylic oxidation sites excluding steroid dienone is 2. The average molecular weight is 849 g/mol. The molecule has 14 nitrogen and oxygen atoms in total. The summed E-state index contributed by atoms with van der Waals surface area (Å²) >= 11 is 1.32. The number of para-hydroxylation sites is 1. The number of aromatic hydroxyl groups is 1. The molecule has 1 amide bonds. The molecule has 0 spiro atoms. The average Bonchev–Trinajstić information content (AvgIpc) is 3.47. The predicted octanol–water partition coefficient (Wildman–Crippen LogP) is 6.88. The Balaban J connectivity index is 1.60. The third-order valence-corrected chi connectivity index (χ3v) is 12.8. The number of methoxy groups -OCH3 is 1. The van der Waals surface area contributed by atoms with Crippen LogP contribution in [0, 0.1) is 30.6 Å². The van der Waals surface area contributed by atoms with Crippen molar-refractivity contribution in [3.63, 3.8) is 0 Å². The molecule has 2 aliphatic rings. The van der Waals surface area contributed by atoms with Crippen molar-refractivity contribution in [2.24, 2.45) is 23.7 Å². The quantitative estimate of drug-likeness (QED) is 0.0546. The van der Waals surface area contributed by atoms with Crippen LogP contribution in [-0.4, -0.2) is 75.3 Å². The Bertz CT molecular complexity index is 2520. The Morgan fingerprint density at radius 2 is 1.71 bits per heavy atom. The van der Waals surface area contributed by atoms with E-state index in [1.165, 1.54) is 64.6 Å². The second kappa shape index (κ2) is 17.1. The number of anilines is 1. The molecule has 314 valence electrons. The van der Waals surface area contributed by atoms with Crippen LogP contribution in [0.4, 0.5) is 5.69 Å². The minimum Gasteiger partial charge on any atom is -0.505 e. The van der Waals surface area contributed by atoms with Crippen LogP contribution in [0.5, 0.6) is 11.5 Å². The summed E-state index contributed by atoms with van der Waals surface area (Å²) in [5, 5.41) is 37.2. The Labute approximate surface area is 347 Å². The van der Waals surface area contributed by atoms with E-state index < -0.39 is 82.7 Å². The first-order valence-corrected chi connectivity index (χ1v) is 21.4. The second-order valence-electron chi connectivity index (χ2n) is 15.4. The first-order chi connectivity index (χ1) is 27.9. The number of rotatable bonds is 3. The molecule has 2 aliphatic heterocycles. The molecule has 10 atom stereocenters. The molecule has 4 N–H and O–H groups in total. The summed E-state index contributed by atoms with van der Waals surface area (Å²) < 4.78 is 30.1. The Morgan fingerprint density at radius 3 is 2.37 bits per heavy atom. The number of phenols is 1. The van der Waals surface area contributed by atoms with Crippen LogP contribution < -0.4 is 15.5 Å². The van der Waals surface area contributed by atoms with Crippen molar-refractivity contribution in [2.75, 3.05) is 12.4 Å². The molecule has 4 bridgehead atoms. The molecule has 0 aliphatic carbocycles. The van der Waals surface area contributed by atoms with E-state index in [1.807, 2.05) is 6.07 Å². The van der Waals surface area contributed by atoms with Gasteiger partial charge in [0.15, 0.2) is 22.3 Å².